The maximum atomic E-state index is 14.7. The second kappa shape index (κ2) is 10.6. The van der Waals surface area contributed by atoms with Crippen molar-refractivity contribution in [3.8, 4) is 0 Å². The molecule has 5 heterocycles. The first-order chi connectivity index (χ1) is 20.4. The molecule has 0 bridgehead atoms. The van der Waals surface area contributed by atoms with Crippen molar-refractivity contribution in [2.24, 2.45) is 5.41 Å². The summed E-state index contributed by atoms with van der Waals surface area (Å²) in [5, 5.41) is 0. The monoisotopic (exact) mass is 591 g/mol. The summed E-state index contributed by atoms with van der Waals surface area (Å²) in [5.74, 6) is 0.465. The van der Waals surface area contributed by atoms with Crippen LogP contribution in [0.2, 0.25) is 0 Å². The van der Waals surface area contributed by atoms with Crippen molar-refractivity contribution in [3.05, 3.63) is 23.8 Å². The molecule has 0 radical (unpaired) electrons. The summed E-state index contributed by atoms with van der Waals surface area (Å²) in [6, 6.07) is 7.25. The molecule has 5 aliphatic heterocycles. The van der Waals surface area contributed by atoms with Crippen LogP contribution in [0, 0.1) is 5.41 Å². The zero-order valence-electron chi connectivity index (χ0n) is 27.0. The molecule has 1 saturated carbocycles. The van der Waals surface area contributed by atoms with Crippen LogP contribution in [0.4, 0.5) is 5.69 Å². The molecule has 1 aliphatic carbocycles. The standard InChI is InChI=1S/C34H50BN3O5/c1-31(2)32(3,4)43-35(42-31)24-9-10-27-28(21-24)38(26-22-25(23-26)36-15-7-6-8-16-36)30(40)34(27)11-17-37(18-12-34)29(39)33(5)13-19-41-20-14-33/h9-10,21,25-26H,6-8,11-20,22-23H2,1-5H3/t25-,26+. The number of hydrogen-bond donors (Lipinski definition) is 0. The number of benzene rings is 1. The molecule has 5 fully saturated rings. The fourth-order valence-electron chi connectivity index (χ4n) is 8.44. The van der Waals surface area contributed by atoms with E-state index in [1.165, 1.54) is 32.4 Å². The van der Waals surface area contributed by atoms with Crippen molar-refractivity contribution in [3.63, 3.8) is 0 Å². The summed E-state index contributed by atoms with van der Waals surface area (Å²) in [5.41, 5.74) is 1.35. The number of carbonyl (C=O) groups is 2. The minimum atomic E-state index is -0.576. The molecular weight excluding hydrogens is 541 g/mol. The third-order valence-corrected chi connectivity index (χ3v) is 12.3. The van der Waals surface area contributed by atoms with E-state index in [-0.39, 0.29) is 23.3 Å². The maximum absolute atomic E-state index is 14.7. The Morgan fingerprint density at radius 2 is 1.47 bits per heavy atom. The summed E-state index contributed by atoms with van der Waals surface area (Å²) in [4.78, 5) is 35.2. The van der Waals surface area contributed by atoms with Crippen molar-refractivity contribution in [2.75, 3.05) is 44.3 Å². The summed E-state index contributed by atoms with van der Waals surface area (Å²) in [6.45, 7) is 15.3. The Morgan fingerprint density at radius 1 is 0.837 bits per heavy atom. The van der Waals surface area contributed by atoms with Crippen molar-refractivity contribution in [1.29, 1.82) is 0 Å². The molecule has 0 unspecified atom stereocenters. The van der Waals surface area contributed by atoms with Gasteiger partial charge in [-0.05, 0) is 109 Å². The fraction of sp³-hybridized carbons (Fsp3) is 0.765. The lowest BCUT2D eigenvalue weighted by molar-refractivity contribution is -0.149. The highest BCUT2D eigenvalue weighted by molar-refractivity contribution is 6.62. The van der Waals surface area contributed by atoms with Gasteiger partial charge in [-0.2, -0.15) is 0 Å². The zero-order chi connectivity index (χ0) is 30.2. The van der Waals surface area contributed by atoms with Gasteiger partial charge in [-0.1, -0.05) is 25.5 Å². The number of fused-ring (bicyclic) bond motifs is 2. The molecule has 0 aromatic heterocycles. The van der Waals surface area contributed by atoms with Crippen molar-refractivity contribution in [1.82, 2.24) is 9.80 Å². The van der Waals surface area contributed by atoms with Gasteiger partial charge in [0, 0.05) is 44.1 Å². The van der Waals surface area contributed by atoms with Crippen LogP contribution in [0.5, 0.6) is 0 Å². The van der Waals surface area contributed by atoms with E-state index in [9.17, 15) is 9.59 Å². The molecule has 1 aromatic carbocycles. The van der Waals surface area contributed by atoms with E-state index in [0.717, 1.165) is 42.4 Å². The molecule has 2 amide bonds. The van der Waals surface area contributed by atoms with E-state index in [2.05, 4.69) is 62.6 Å². The maximum Gasteiger partial charge on any atom is 0.494 e. The lowest BCUT2D eigenvalue weighted by atomic mass is 9.71. The van der Waals surface area contributed by atoms with Gasteiger partial charge in [-0.3, -0.25) is 9.59 Å². The summed E-state index contributed by atoms with van der Waals surface area (Å²) < 4.78 is 18.4. The second-order valence-corrected chi connectivity index (χ2v) is 15.5. The third kappa shape index (κ3) is 4.79. The molecule has 7 rings (SSSR count). The quantitative estimate of drug-likeness (QED) is 0.493. The number of amides is 2. The highest BCUT2D eigenvalue weighted by atomic mass is 16.7. The lowest BCUT2D eigenvalue weighted by Gasteiger charge is -2.48. The van der Waals surface area contributed by atoms with Crippen molar-refractivity contribution >= 4 is 30.1 Å². The van der Waals surface area contributed by atoms with Crippen LogP contribution >= 0.6 is 0 Å². The molecule has 8 nitrogen and oxygen atoms in total. The van der Waals surface area contributed by atoms with E-state index in [0.29, 0.717) is 45.2 Å². The van der Waals surface area contributed by atoms with Crippen LogP contribution in [-0.2, 0) is 29.0 Å². The third-order valence-electron chi connectivity index (χ3n) is 12.3. The van der Waals surface area contributed by atoms with Gasteiger partial charge in [-0.15, -0.1) is 0 Å². The predicted molar refractivity (Wildman–Crippen MR) is 168 cm³/mol. The number of ether oxygens (including phenoxy) is 1. The average Bonchev–Trinajstić information content (AvgIpc) is 3.33. The number of likely N-dealkylation sites (tertiary alicyclic amines) is 2. The van der Waals surface area contributed by atoms with E-state index in [4.69, 9.17) is 14.0 Å². The number of hydrogen-bond acceptors (Lipinski definition) is 6. The van der Waals surface area contributed by atoms with Gasteiger partial charge in [0.05, 0.1) is 22.0 Å². The van der Waals surface area contributed by atoms with E-state index < -0.39 is 23.7 Å². The summed E-state index contributed by atoms with van der Waals surface area (Å²) in [7, 11) is -0.467. The fourth-order valence-corrected chi connectivity index (χ4v) is 8.44. The van der Waals surface area contributed by atoms with Crippen LogP contribution < -0.4 is 10.4 Å². The Bertz CT molecular complexity index is 1240. The molecule has 0 N–H and O–H groups in total. The molecule has 234 valence electrons. The van der Waals surface area contributed by atoms with Gasteiger partial charge >= 0.3 is 7.12 Å². The zero-order valence-corrected chi connectivity index (χ0v) is 27.0. The average molecular weight is 592 g/mol. The van der Waals surface area contributed by atoms with Gasteiger partial charge in [0.1, 0.15) is 0 Å². The molecule has 6 aliphatic rings. The van der Waals surface area contributed by atoms with Crippen LogP contribution in [0.15, 0.2) is 18.2 Å². The Labute approximate surface area is 257 Å². The van der Waals surface area contributed by atoms with Crippen molar-refractivity contribution < 1.29 is 23.6 Å². The summed E-state index contributed by atoms with van der Waals surface area (Å²) in [6.07, 6.45) is 8.86. The molecular formula is C34H50BN3O5. The van der Waals surface area contributed by atoms with Crippen LogP contribution in [-0.4, -0.2) is 91.4 Å². The smallest absolute Gasteiger partial charge is 0.399 e. The lowest BCUT2D eigenvalue weighted by Crippen LogP contribution is -2.59. The predicted octanol–water partition coefficient (Wildman–Crippen LogP) is 4.03. The first-order valence-corrected chi connectivity index (χ1v) is 16.9. The normalized spacial score (nSPS) is 31.3. The SMILES string of the molecule is CC1(C(=O)N2CCC3(CC2)C(=O)N([C@H]2C[C@@H](N4CCCCC4)C2)c2cc(B4OC(C)(C)C(C)(C)O4)ccc23)CCOCC1. The topological polar surface area (TPSA) is 71.6 Å². The first kappa shape index (κ1) is 29.8. The Balaban J connectivity index is 1.16. The molecule has 43 heavy (non-hydrogen) atoms. The molecule has 1 spiro atoms. The van der Waals surface area contributed by atoms with Gasteiger partial charge in [0.2, 0.25) is 11.8 Å². The number of carbonyl (C=O) groups excluding carboxylic acids is 2. The van der Waals surface area contributed by atoms with Gasteiger partial charge < -0.3 is 28.7 Å². The van der Waals surface area contributed by atoms with Gasteiger partial charge in [-0.25, -0.2) is 0 Å². The van der Waals surface area contributed by atoms with Crippen LogP contribution in [0.3, 0.4) is 0 Å². The van der Waals surface area contributed by atoms with Crippen LogP contribution in [0.1, 0.15) is 98.0 Å². The number of nitrogens with zero attached hydrogens (tertiary/aromatic N) is 3. The van der Waals surface area contributed by atoms with Gasteiger partial charge in [0.15, 0.2) is 0 Å². The number of piperidine rings is 2. The van der Waals surface area contributed by atoms with E-state index in [1.54, 1.807) is 0 Å². The largest absolute Gasteiger partial charge is 0.494 e. The van der Waals surface area contributed by atoms with Crippen molar-refractivity contribution in [2.45, 2.75) is 121 Å². The first-order valence-electron chi connectivity index (χ1n) is 16.9. The highest BCUT2D eigenvalue weighted by Crippen LogP contribution is 2.51. The summed E-state index contributed by atoms with van der Waals surface area (Å²) >= 11 is 0. The van der Waals surface area contributed by atoms with Crippen LogP contribution in [0.25, 0.3) is 0 Å². The Morgan fingerprint density at radius 3 is 2.09 bits per heavy atom. The Hall–Kier alpha value is -1.94. The minimum Gasteiger partial charge on any atom is -0.399 e. The number of rotatable bonds is 4. The minimum absolute atomic E-state index is 0.215. The molecule has 1 aromatic rings. The highest BCUT2D eigenvalue weighted by Gasteiger charge is 2.57. The molecule has 9 heteroatoms. The van der Waals surface area contributed by atoms with E-state index in [1.807, 2.05) is 4.90 Å². The van der Waals surface area contributed by atoms with E-state index >= 15 is 0 Å². The Kier molecular flexibility index (Phi) is 7.31. The van der Waals surface area contributed by atoms with Gasteiger partial charge in [0.25, 0.3) is 0 Å². The number of anilines is 1. The molecule has 4 saturated heterocycles. The second-order valence-electron chi connectivity index (χ2n) is 15.5. The molecule has 0 atom stereocenters.